The molecule has 1 aromatic rings. The molecule has 1 rings (SSSR count). The molecule has 0 radical (unpaired) electrons. The van der Waals surface area contributed by atoms with E-state index in [9.17, 15) is 9.90 Å². The quantitative estimate of drug-likeness (QED) is 0.794. The average Bonchev–Trinajstić information content (AvgIpc) is 2.48. The van der Waals surface area contributed by atoms with Crippen LogP contribution in [0.4, 0.5) is 0 Å². The molecule has 0 atom stereocenters. The van der Waals surface area contributed by atoms with E-state index >= 15 is 0 Å². The molecule has 0 aliphatic carbocycles. The third-order valence-corrected chi connectivity index (χ3v) is 2.90. The van der Waals surface area contributed by atoms with Crippen molar-refractivity contribution in [3.8, 4) is 0 Å². The summed E-state index contributed by atoms with van der Waals surface area (Å²) in [5.74, 6) is -1.25. The average molecular weight is 254 g/mol. The first kappa shape index (κ1) is 13.4. The van der Waals surface area contributed by atoms with Gasteiger partial charge in [0.15, 0.2) is 0 Å². The Morgan fingerprint density at radius 1 is 1.71 bits per heavy atom. The Hall–Kier alpha value is -0.550. The first-order chi connectivity index (χ1) is 6.52. The molecule has 6 heteroatoms. The van der Waals surface area contributed by atoms with Crippen LogP contribution in [0.1, 0.15) is 9.67 Å². The molecule has 3 nitrogen and oxygen atoms in total. The zero-order chi connectivity index (χ0) is 11.1. The van der Waals surface area contributed by atoms with E-state index in [1.54, 1.807) is 6.08 Å². The van der Waals surface area contributed by atoms with Crippen molar-refractivity contribution < 1.29 is 15.6 Å². The summed E-state index contributed by atoms with van der Waals surface area (Å²) in [4.78, 5) is 10.2. The zero-order valence-corrected chi connectivity index (χ0v) is 9.59. The van der Waals surface area contributed by atoms with Crippen LogP contribution in [0.15, 0.2) is 18.7 Å². The molecule has 0 unspecified atom stereocenters. The molecule has 0 saturated carbocycles. The number of thiophene rings is 1. The van der Waals surface area contributed by atoms with Gasteiger partial charge in [0, 0.05) is 0 Å². The topological polar surface area (TPSA) is 67.8 Å². The van der Waals surface area contributed by atoms with Crippen LogP contribution in [-0.4, -0.2) is 12.5 Å². The van der Waals surface area contributed by atoms with Crippen molar-refractivity contribution in [1.82, 2.24) is 0 Å². The predicted molar refractivity (Wildman–Crippen MR) is 56.6 cm³/mol. The largest absolute Gasteiger partial charge is 0.544 e. The number of halogens is 2. The molecule has 1 heterocycles. The maximum Gasteiger partial charge on any atom is 0.112 e. The van der Waals surface area contributed by atoms with Crippen molar-refractivity contribution in [2.24, 2.45) is 0 Å². The predicted octanol–water partition coefficient (Wildman–Crippen LogP) is 0.833. The molecule has 1 aromatic heterocycles. The highest BCUT2D eigenvalue weighted by Crippen LogP contribution is 2.30. The van der Waals surface area contributed by atoms with E-state index < -0.39 is 5.97 Å². The van der Waals surface area contributed by atoms with Gasteiger partial charge in [0.2, 0.25) is 0 Å². The molecule has 14 heavy (non-hydrogen) atoms. The molecule has 0 fully saturated rings. The summed E-state index contributed by atoms with van der Waals surface area (Å²) in [6.45, 7) is 4.25. The van der Waals surface area contributed by atoms with E-state index in [4.69, 9.17) is 23.2 Å². The van der Waals surface area contributed by atoms with Crippen LogP contribution in [0.5, 0.6) is 0 Å². The molecule has 0 bridgehead atoms. The van der Waals surface area contributed by atoms with Crippen molar-refractivity contribution >= 4 is 40.5 Å². The second-order valence-electron chi connectivity index (χ2n) is 2.10. The number of rotatable bonds is 2. The van der Waals surface area contributed by atoms with Gasteiger partial charge in [0.1, 0.15) is 4.34 Å². The van der Waals surface area contributed by atoms with Gasteiger partial charge in [-0.15, -0.1) is 11.3 Å². The van der Waals surface area contributed by atoms with E-state index in [1.165, 1.54) is 6.07 Å². The fraction of sp³-hybridized carbons (Fsp3) is 0.125. The zero-order valence-electron chi connectivity index (χ0n) is 7.26. The van der Waals surface area contributed by atoms with Crippen molar-refractivity contribution in [1.29, 1.82) is 0 Å². The minimum Gasteiger partial charge on any atom is -0.544 e. The van der Waals surface area contributed by atoms with Crippen LogP contribution < -0.4 is 10.8 Å². The van der Waals surface area contributed by atoms with Gasteiger partial charge in [-0.1, -0.05) is 29.8 Å². The number of carbonyl (C=O) groups excluding carboxylic acids is 1. The highest BCUT2D eigenvalue weighted by atomic mass is 35.5. The molecule has 0 amide bonds. The molecule has 0 aliphatic rings. The fourth-order valence-electron chi connectivity index (χ4n) is 0.447. The number of quaternary nitrogens is 1. The van der Waals surface area contributed by atoms with Crippen LogP contribution in [0.3, 0.4) is 0 Å². The summed E-state index contributed by atoms with van der Waals surface area (Å²) in [5, 5.41) is 10.4. The maximum atomic E-state index is 10.1. The standard InChI is InChI=1S/C5H2Cl2O2S.C3H7N/c6-2-1-3(5(8)9)10-4(2)7;1-2-3-4/h1H,(H,8,9);2H,1,3-4H2. The highest BCUT2D eigenvalue weighted by molar-refractivity contribution is 7.18. The lowest BCUT2D eigenvalue weighted by Gasteiger charge is -1.91. The Morgan fingerprint density at radius 3 is 2.36 bits per heavy atom. The van der Waals surface area contributed by atoms with Gasteiger partial charge in [-0.2, -0.15) is 0 Å². The van der Waals surface area contributed by atoms with Gasteiger partial charge in [0.05, 0.1) is 22.4 Å². The summed E-state index contributed by atoms with van der Waals surface area (Å²) in [5.41, 5.74) is 3.49. The Kier molecular flexibility index (Phi) is 6.57. The van der Waals surface area contributed by atoms with Gasteiger partial charge in [0.25, 0.3) is 0 Å². The number of aromatic carboxylic acids is 1. The van der Waals surface area contributed by atoms with Crippen LogP contribution in [0.25, 0.3) is 0 Å². The Bertz CT molecular complexity index is 306. The smallest absolute Gasteiger partial charge is 0.112 e. The second-order valence-corrected chi connectivity index (χ2v) is 4.16. The molecular weight excluding hydrogens is 245 g/mol. The normalized spacial score (nSPS) is 8.79. The van der Waals surface area contributed by atoms with Crippen molar-refractivity contribution in [3.05, 3.63) is 33.0 Å². The van der Waals surface area contributed by atoms with E-state index in [0.29, 0.717) is 0 Å². The third-order valence-electron chi connectivity index (χ3n) is 1.05. The lowest BCUT2D eigenvalue weighted by molar-refractivity contribution is -0.352. The van der Waals surface area contributed by atoms with Crippen molar-refractivity contribution in [3.63, 3.8) is 0 Å². The fourth-order valence-corrected chi connectivity index (χ4v) is 1.65. The molecule has 0 spiro atoms. The molecule has 3 N–H and O–H groups in total. The van der Waals surface area contributed by atoms with Crippen molar-refractivity contribution in [2.75, 3.05) is 6.54 Å². The van der Waals surface area contributed by atoms with Crippen LogP contribution in [0.2, 0.25) is 9.36 Å². The van der Waals surface area contributed by atoms with Gasteiger partial charge >= 0.3 is 0 Å². The summed E-state index contributed by atoms with van der Waals surface area (Å²) in [6.07, 6.45) is 1.76. The molecule has 78 valence electrons. The lowest BCUT2D eigenvalue weighted by atomic mass is 10.5. The molecule has 0 saturated heterocycles. The first-order valence-electron chi connectivity index (χ1n) is 3.59. The summed E-state index contributed by atoms with van der Waals surface area (Å²) < 4.78 is 0.279. The highest BCUT2D eigenvalue weighted by Gasteiger charge is 2.04. The molecule has 0 aromatic carbocycles. The van der Waals surface area contributed by atoms with E-state index in [2.05, 4.69) is 12.3 Å². The number of hydrogen-bond donors (Lipinski definition) is 1. The first-order valence-corrected chi connectivity index (χ1v) is 5.16. The van der Waals surface area contributed by atoms with E-state index in [-0.39, 0.29) is 14.2 Å². The summed E-state index contributed by atoms with van der Waals surface area (Å²) in [7, 11) is 0. The van der Waals surface area contributed by atoms with E-state index in [1.807, 2.05) is 0 Å². The van der Waals surface area contributed by atoms with Crippen LogP contribution in [-0.2, 0) is 0 Å². The van der Waals surface area contributed by atoms with Gasteiger partial charge in [-0.3, -0.25) is 0 Å². The lowest BCUT2D eigenvalue weighted by Crippen LogP contribution is -2.48. The minimum absolute atomic E-state index is 0.0509. The monoisotopic (exact) mass is 253 g/mol. The second kappa shape index (κ2) is 6.84. The number of hydrogen-bond acceptors (Lipinski definition) is 3. The Balaban J connectivity index is 0.000000364. The number of carbonyl (C=O) groups is 1. The van der Waals surface area contributed by atoms with E-state index in [0.717, 1.165) is 17.9 Å². The third kappa shape index (κ3) is 4.62. The Morgan fingerprint density at radius 2 is 2.21 bits per heavy atom. The van der Waals surface area contributed by atoms with Gasteiger partial charge in [-0.05, 0) is 12.1 Å². The number of carboxylic acid groups (broad SMARTS) is 1. The Labute approximate surface area is 95.7 Å². The number of carboxylic acids is 1. The SMILES string of the molecule is C=CC[NH3+].O=C([O-])c1cc(Cl)c(Cl)s1. The van der Waals surface area contributed by atoms with Crippen LogP contribution >= 0.6 is 34.5 Å². The summed E-state index contributed by atoms with van der Waals surface area (Å²) in [6, 6.07) is 1.27. The minimum atomic E-state index is -1.25. The molecular formula is C8H9Cl2NO2S. The van der Waals surface area contributed by atoms with Gasteiger partial charge in [-0.25, -0.2) is 0 Å². The molecule has 0 aliphatic heterocycles. The maximum absolute atomic E-state index is 10.1. The van der Waals surface area contributed by atoms with Crippen LogP contribution in [0, 0.1) is 0 Å². The van der Waals surface area contributed by atoms with Gasteiger partial charge < -0.3 is 15.6 Å². The van der Waals surface area contributed by atoms with Crippen molar-refractivity contribution in [2.45, 2.75) is 0 Å². The summed E-state index contributed by atoms with van der Waals surface area (Å²) >= 11 is 11.8.